The van der Waals surface area contributed by atoms with Gasteiger partial charge in [-0.15, -0.1) is 6.58 Å². The monoisotopic (exact) mass is 406 g/mol. The molecule has 0 spiro atoms. The second-order valence-corrected chi connectivity index (χ2v) is 6.30. The number of ether oxygens (including phenoxy) is 3. The SMILES string of the molecule is C=CCCOC(=O)/C=C/c1ccc(-c2ccc(OCCCOC(=O)C=C)cc2)cc1. The van der Waals surface area contributed by atoms with Gasteiger partial charge < -0.3 is 14.2 Å². The van der Waals surface area contributed by atoms with Gasteiger partial charge in [0.25, 0.3) is 0 Å². The average Bonchev–Trinajstić information content (AvgIpc) is 2.78. The Morgan fingerprint density at radius 2 is 1.43 bits per heavy atom. The largest absolute Gasteiger partial charge is 0.493 e. The molecule has 0 fully saturated rings. The highest BCUT2D eigenvalue weighted by Crippen LogP contribution is 2.23. The molecule has 0 heterocycles. The van der Waals surface area contributed by atoms with E-state index < -0.39 is 5.97 Å². The van der Waals surface area contributed by atoms with E-state index in [1.165, 1.54) is 6.08 Å². The second kappa shape index (κ2) is 12.8. The molecule has 0 unspecified atom stereocenters. The molecule has 5 heteroatoms. The highest BCUT2D eigenvalue weighted by atomic mass is 16.5. The van der Waals surface area contributed by atoms with Crippen molar-refractivity contribution in [1.82, 2.24) is 0 Å². The summed E-state index contributed by atoms with van der Waals surface area (Å²) in [6, 6.07) is 15.6. The van der Waals surface area contributed by atoms with Crippen LogP contribution < -0.4 is 4.74 Å². The Kier molecular flexibility index (Phi) is 9.66. The molecule has 2 rings (SSSR count). The van der Waals surface area contributed by atoms with Crippen LogP contribution in [0.1, 0.15) is 18.4 Å². The molecule has 0 saturated carbocycles. The van der Waals surface area contributed by atoms with Crippen LogP contribution in [0.15, 0.2) is 79.9 Å². The standard InChI is InChI=1S/C25H26O5/c1-3-5-17-30-25(27)16-9-20-7-10-21(11-8-20)22-12-14-23(15-13-22)28-18-6-19-29-24(26)4-2/h3-4,7-16H,1-2,5-6,17-19H2/b16-9+. The highest BCUT2D eigenvalue weighted by Gasteiger charge is 2.01. The minimum absolute atomic E-state index is 0.302. The summed E-state index contributed by atoms with van der Waals surface area (Å²) in [4.78, 5) is 22.5. The maximum absolute atomic E-state index is 11.6. The van der Waals surface area contributed by atoms with Gasteiger partial charge in [-0.1, -0.05) is 49.1 Å². The zero-order valence-electron chi connectivity index (χ0n) is 16.9. The van der Waals surface area contributed by atoms with Gasteiger partial charge in [-0.3, -0.25) is 0 Å². The lowest BCUT2D eigenvalue weighted by Gasteiger charge is -2.08. The van der Waals surface area contributed by atoms with E-state index in [0.717, 1.165) is 28.5 Å². The van der Waals surface area contributed by atoms with Gasteiger partial charge in [-0.05, 0) is 41.3 Å². The average molecular weight is 406 g/mol. The first kappa shape index (κ1) is 22.7. The molecule has 0 amide bonds. The molecule has 156 valence electrons. The Balaban J connectivity index is 1.82. The molecule has 0 saturated heterocycles. The first-order valence-corrected chi connectivity index (χ1v) is 9.70. The van der Waals surface area contributed by atoms with Gasteiger partial charge >= 0.3 is 11.9 Å². The molecule has 2 aromatic carbocycles. The molecule has 0 atom stereocenters. The molecule has 0 aliphatic heterocycles. The van der Waals surface area contributed by atoms with Gasteiger partial charge in [0, 0.05) is 18.6 Å². The van der Waals surface area contributed by atoms with Crippen molar-refractivity contribution in [2.24, 2.45) is 0 Å². The van der Waals surface area contributed by atoms with Crippen LogP contribution in [-0.2, 0) is 19.1 Å². The number of rotatable bonds is 12. The summed E-state index contributed by atoms with van der Waals surface area (Å²) in [6.07, 6.45) is 7.24. The summed E-state index contributed by atoms with van der Waals surface area (Å²) in [5.41, 5.74) is 3.03. The lowest BCUT2D eigenvalue weighted by atomic mass is 10.0. The fraction of sp³-hybridized carbons (Fsp3) is 0.200. The van der Waals surface area contributed by atoms with Gasteiger partial charge in [0.05, 0.1) is 19.8 Å². The van der Waals surface area contributed by atoms with Crippen LogP contribution in [0.2, 0.25) is 0 Å². The van der Waals surface area contributed by atoms with Crippen molar-refractivity contribution < 1.29 is 23.8 Å². The first-order valence-electron chi connectivity index (χ1n) is 9.70. The molecular formula is C25H26O5. The third-order valence-electron chi connectivity index (χ3n) is 4.04. The van der Waals surface area contributed by atoms with Gasteiger partial charge in [0.2, 0.25) is 0 Å². The van der Waals surface area contributed by atoms with Crippen LogP contribution in [0.4, 0.5) is 0 Å². The minimum Gasteiger partial charge on any atom is -0.493 e. The summed E-state index contributed by atoms with van der Waals surface area (Å²) in [5, 5.41) is 0. The fourth-order valence-electron chi connectivity index (χ4n) is 2.47. The summed E-state index contributed by atoms with van der Waals surface area (Å²) in [6.45, 7) is 8.03. The molecule has 0 aliphatic rings. The minimum atomic E-state index is -0.427. The van der Waals surface area contributed by atoms with Crippen molar-refractivity contribution in [2.45, 2.75) is 12.8 Å². The molecule has 0 aromatic heterocycles. The normalized spacial score (nSPS) is 10.4. The van der Waals surface area contributed by atoms with Crippen molar-refractivity contribution in [2.75, 3.05) is 19.8 Å². The summed E-state index contributed by atoms with van der Waals surface area (Å²) in [5.74, 6) is -0.0389. The van der Waals surface area contributed by atoms with Crippen LogP contribution in [-0.4, -0.2) is 31.8 Å². The van der Waals surface area contributed by atoms with Crippen molar-refractivity contribution >= 4 is 18.0 Å². The fourth-order valence-corrected chi connectivity index (χ4v) is 2.47. The third kappa shape index (κ3) is 8.19. The molecular weight excluding hydrogens is 380 g/mol. The van der Waals surface area contributed by atoms with Gasteiger partial charge in [-0.25, -0.2) is 9.59 Å². The quantitative estimate of drug-likeness (QED) is 0.215. The zero-order chi connectivity index (χ0) is 21.6. The molecule has 0 bridgehead atoms. The molecule has 2 aromatic rings. The third-order valence-corrected chi connectivity index (χ3v) is 4.04. The number of benzene rings is 2. The topological polar surface area (TPSA) is 61.8 Å². The summed E-state index contributed by atoms with van der Waals surface area (Å²) < 4.78 is 15.6. The van der Waals surface area contributed by atoms with E-state index in [9.17, 15) is 9.59 Å². The smallest absolute Gasteiger partial charge is 0.330 e. The van der Waals surface area contributed by atoms with Gasteiger partial charge in [-0.2, -0.15) is 0 Å². The van der Waals surface area contributed by atoms with Crippen molar-refractivity contribution in [3.8, 4) is 16.9 Å². The number of esters is 2. The summed E-state index contributed by atoms with van der Waals surface area (Å²) in [7, 11) is 0. The van der Waals surface area contributed by atoms with Gasteiger partial charge in [0.1, 0.15) is 5.75 Å². The molecule has 0 aliphatic carbocycles. The van der Waals surface area contributed by atoms with Crippen molar-refractivity contribution in [3.63, 3.8) is 0 Å². The molecule has 30 heavy (non-hydrogen) atoms. The van der Waals surface area contributed by atoms with E-state index in [0.29, 0.717) is 32.7 Å². The predicted molar refractivity (Wildman–Crippen MR) is 118 cm³/mol. The second-order valence-electron chi connectivity index (χ2n) is 6.30. The Bertz CT molecular complexity index is 863. The number of hydrogen-bond donors (Lipinski definition) is 0. The van der Waals surface area contributed by atoms with E-state index >= 15 is 0 Å². The van der Waals surface area contributed by atoms with E-state index in [1.54, 1.807) is 12.2 Å². The lowest BCUT2D eigenvalue weighted by Crippen LogP contribution is -2.06. The Hall–Kier alpha value is -3.60. The molecule has 0 N–H and O–H groups in total. The van der Waals surface area contributed by atoms with Crippen LogP contribution in [0, 0.1) is 0 Å². The van der Waals surface area contributed by atoms with Crippen LogP contribution in [0.5, 0.6) is 5.75 Å². The van der Waals surface area contributed by atoms with Crippen LogP contribution in [0.3, 0.4) is 0 Å². The molecule has 5 nitrogen and oxygen atoms in total. The van der Waals surface area contributed by atoms with E-state index in [4.69, 9.17) is 14.2 Å². The lowest BCUT2D eigenvalue weighted by molar-refractivity contribution is -0.138. The predicted octanol–water partition coefficient (Wildman–Crippen LogP) is 4.98. The maximum atomic E-state index is 11.6. The van der Waals surface area contributed by atoms with Crippen LogP contribution >= 0.6 is 0 Å². The van der Waals surface area contributed by atoms with E-state index in [2.05, 4.69) is 13.2 Å². The van der Waals surface area contributed by atoms with E-state index in [1.807, 2.05) is 48.5 Å². The first-order chi connectivity index (χ1) is 14.6. The Labute approximate surface area is 177 Å². The maximum Gasteiger partial charge on any atom is 0.330 e. The van der Waals surface area contributed by atoms with Crippen LogP contribution in [0.25, 0.3) is 17.2 Å². The summed E-state index contributed by atoms with van der Waals surface area (Å²) >= 11 is 0. The van der Waals surface area contributed by atoms with Crippen molar-refractivity contribution in [3.05, 3.63) is 85.5 Å². The van der Waals surface area contributed by atoms with Crippen molar-refractivity contribution in [1.29, 1.82) is 0 Å². The Morgan fingerprint density at radius 3 is 2.07 bits per heavy atom. The zero-order valence-corrected chi connectivity index (χ0v) is 16.9. The number of hydrogen-bond acceptors (Lipinski definition) is 5. The van der Waals surface area contributed by atoms with Gasteiger partial charge in [0.15, 0.2) is 0 Å². The Morgan fingerprint density at radius 1 is 0.800 bits per heavy atom. The number of carbonyl (C=O) groups is 2. The van der Waals surface area contributed by atoms with E-state index in [-0.39, 0.29) is 5.97 Å². The highest BCUT2D eigenvalue weighted by molar-refractivity contribution is 5.87. The number of carbonyl (C=O) groups excluding carboxylic acids is 2. The molecule has 0 radical (unpaired) electrons.